The quantitative estimate of drug-likeness (QED) is 0.724. The Morgan fingerprint density at radius 2 is 1.39 bits per heavy atom. The highest BCUT2D eigenvalue weighted by atomic mass is 16.1. The molecule has 0 bridgehead atoms. The first-order valence-electron chi connectivity index (χ1n) is 6.01. The highest BCUT2D eigenvalue weighted by molar-refractivity contribution is 5.94. The standard InChI is InChI=1S/C17H16O/c1-13(12-14(2)18)15-8-10-17(11-9-15)16-6-4-3-5-7-16/h3-12H,1-2H3. The van der Waals surface area contributed by atoms with Crippen LogP contribution in [-0.4, -0.2) is 5.78 Å². The Morgan fingerprint density at radius 1 is 0.833 bits per heavy atom. The van der Waals surface area contributed by atoms with Gasteiger partial charge in [0.25, 0.3) is 0 Å². The van der Waals surface area contributed by atoms with Crippen LogP contribution in [0.2, 0.25) is 0 Å². The second-order valence-corrected chi connectivity index (χ2v) is 4.38. The number of benzene rings is 2. The number of allylic oxidation sites excluding steroid dienone is 2. The summed E-state index contributed by atoms with van der Waals surface area (Å²) in [5.41, 5.74) is 4.49. The molecule has 90 valence electrons. The maximum atomic E-state index is 11.0. The van der Waals surface area contributed by atoms with Crippen molar-refractivity contribution in [2.45, 2.75) is 13.8 Å². The molecule has 1 nitrogen and oxygen atoms in total. The third kappa shape index (κ3) is 2.95. The molecule has 0 atom stereocenters. The molecule has 18 heavy (non-hydrogen) atoms. The monoisotopic (exact) mass is 236 g/mol. The van der Waals surface area contributed by atoms with Crippen molar-refractivity contribution in [3.63, 3.8) is 0 Å². The van der Waals surface area contributed by atoms with Gasteiger partial charge in [0.1, 0.15) is 0 Å². The second-order valence-electron chi connectivity index (χ2n) is 4.38. The minimum atomic E-state index is 0.0830. The van der Waals surface area contributed by atoms with E-state index in [0.29, 0.717) is 0 Å². The Morgan fingerprint density at radius 3 is 1.94 bits per heavy atom. The van der Waals surface area contributed by atoms with Crippen LogP contribution in [-0.2, 0) is 4.79 Å². The summed E-state index contributed by atoms with van der Waals surface area (Å²) >= 11 is 0. The highest BCUT2D eigenvalue weighted by Gasteiger charge is 1.99. The molecule has 0 aliphatic rings. The minimum absolute atomic E-state index is 0.0830. The van der Waals surface area contributed by atoms with Gasteiger partial charge in [0, 0.05) is 0 Å². The lowest BCUT2D eigenvalue weighted by atomic mass is 10.0. The van der Waals surface area contributed by atoms with E-state index in [9.17, 15) is 4.79 Å². The van der Waals surface area contributed by atoms with Gasteiger partial charge in [-0.25, -0.2) is 0 Å². The molecule has 0 amide bonds. The first-order valence-corrected chi connectivity index (χ1v) is 6.01. The summed E-state index contributed by atoms with van der Waals surface area (Å²) in [5, 5.41) is 0. The zero-order chi connectivity index (χ0) is 13.0. The van der Waals surface area contributed by atoms with Crippen LogP contribution in [0.5, 0.6) is 0 Å². The number of hydrogen-bond acceptors (Lipinski definition) is 1. The number of hydrogen-bond donors (Lipinski definition) is 0. The molecular formula is C17H16O. The molecule has 1 heteroatoms. The van der Waals surface area contributed by atoms with Crippen LogP contribution >= 0.6 is 0 Å². The van der Waals surface area contributed by atoms with Gasteiger partial charge in [-0.2, -0.15) is 0 Å². The second kappa shape index (κ2) is 5.46. The van der Waals surface area contributed by atoms with Crippen molar-refractivity contribution in [3.05, 3.63) is 66.2 Å². The average Bonchev–Trinajstić information content (AvgIpc) is 2.39. The summed E-state index contributed by atoms with van der Waals surface area (Å²) in [5.74, 6) is 0.0830. The molecule has 0 N–H and O–H groups in total. The molecule has 0 radical (unpaired) electrons. The van der Waals surface area contributed by atoms with Crippen LogP contribution in [0.3, 0.4) is 0 Å². The van der Waals surface area contributed by atoms with Gasteiger partial charge in [-0.3, -0.25) is 4.79 Å². The van der Waals surface area contributed by atoms with E-state index in [1.807, 2.05) is 25.1 Å². The Labute approximate surface area is 108 Å². The molecule has 2 aromatic carbocycles. The fourth-order valence-corrected chi connectivity index (χ4v) is 1.94. The van der Waals surface area contributed by atoms with Gasteiger partial charge < -0.3 is 0 Å². The molecule has 0 aromatic heterocycles. The summed E-state index contributed by atoms with van der Waals surface area (Å²) in [4.78, 5) is 11.0. The number of rotatable bonds is 3. The van der Waals surface area contributed by atoms with E-state index in [0.717, 1.165) is 11.1 Å². The van der Waals surface area contributed by atoms with Crippen LogP contribution in [0.1, 0.15) is 19.4 Å². The predicted molar refractivity (Wildman–Crippen MR) is 76.2 cm³/mol. The highest BCUT2D eigenvalue weighted by Crippen LogP contribution is 2.22. The first-order chi connectivity index (χ1) is 8.66. The van der Waals surface area contributed by atoms with Gasteiger partial charge in [0.15, 0.2) is 5.78 Å². The normalized spacial score (nSPS) is 11.3. The maximum absolute atomic E-state index is 11.0. The molecule has 2 aromatic rings. The molecule has 2 rings (SSSR count). The Bertz CT molecular complexity index is 562. The largest absolute Gasteiger partial charge is 0.295 e. The van der Waals surface area contributed by atoms with Crippen molar-refractivity contribution >= 4 is 11.4 Å². The number of carbonyl (C=O) groups excluding carboxylic acids is 1. The molecule has 0 saturated carbocycles. The fourth-order valence-electron chi connectivity index (χ4n) is 1.94. The third-order valence-corrected chi connectivity index (χ3v) is 2.87. The van der Waals surface area contributed by atoms with Crippen molar-refractivity contribution < 1.29 is 4.79 Å². The van der Waals surface area contributed by atoms with Crippen LogP contribution in [0, 0.1) is 0 Å². The smallest absolute Gasteiger partial charge is 0.152 e. The molecule has 0 fully saturated rings. The van der Waals surface area contributed by atoms with Gasteiger partial charge in [-0.1, -0.05) is 54.6 Å². The molecule has 0 heterocycles. The predicted octanol–water partition coefficient (Wildman–Crippen LogP) is 4.35. The van der Waals surface area contributed by atoms with Gasteiger partial charge in [-0.15, -0.1) is 0 Å². The lowest BCUT2D eigenvalue weighted by Crippen LogP contribution is -1.86. The average molecular weight is 236 g/mol. The number of carbonyl (C=O) groups is 1. The lowest BCUT2D eigenvalue weighted by molar-refractivity contribution is -0.112. The molecule has 0 saturated heterocycles. The van der Waals surface area contributed by atoms with E-state index in [1.165, 1.54) is 11.1 Å². The van der Waals surface area contributed by atoms with Crippen molar-refractivity contribution in [1.29, 1.82) is 0 Å². The van der Waals surface area contributed by atoms with Crippen molar-refractivity contribution in [2.24, 2.45) is 0 Å². The summed E-state index contributed by atoms with van der Waals surface area (Å²) in [6.45, 7) is 3.53. The van der Waals surface area contributed by atoms with Crippen molar-refractivity contribution in [3.8, 4) is 11.1 Å². The Hall–Kier alpha value is -2.15. The third-order valence-electron chi connectivity index (χ3n) is 2.87. The van der Waals surface area contributed by atoms with Gasteiger partial charge in [-0.05, 0) is 42.2 Å². The lowest BCUT2D eigenvalue weighted by Gasteiger charge is -2.04. The van der Waals surface area contributed by atoms with E-state index in [2.05, 4.69) is 36.4 Å². The zero-order valence-corrected chi connectivity index (χ0v) is 10.7. The van der Waals surface area contributed by atoms with Gasteiger partial charge >= 0.3 is 0 Å². The van der Waals surface area contributed by atoms with Gasteiger partial charge in [0.2, 0.25) is 0 Å². The summed E-state index contributed by atoms with van der Waals surface area (Å²) < 4.78 is 0. The van der Waals surface area contributed by atoms with E-state index in [4.69, 9.17) is 0 Å². The summed E-state index contributed by atoms with van der Waals surface area (Å²) in [6, 6.07) is 18.5. The zero-order valence-electron chi connectivity index (χ0n) is 10.7. The van der Waals surface area contributed by atoms with Crippen LogP contribution in [0.25, 0.3) is 16.7 Å². The van der Waals surface area contributed by atoms with Crippen molar-refractivity contribution in [2.75, 3.05) is 0 Å². The summed E-state index contributed by atoms with van der Waals surface area (Å²) in [6.07, 6.45) is 1.66. The van der Waals surface area contributed by atoms with Crippen LogP contribution in [0.15, 0.2) is 60.7 Å². The minimum Gasteiger partial charge on any atom is -0.295 e. The van der Waals surface area contributed by atoms with E-state index >= 15 is 0 Å². The van der Waals surface area contributed by atoms with Crippen LogP contribution < -0.4 is 0 Å². The van der Waals surface area contributed by atoms with E-state index in [-0.39, 0.29) is 5.78 Å². The van der Waals surface area contributed by atoms with Gasteiger partial charge in [0.05, 0.1) is 0 Å². The Balaban J connectivity index is 2.29. The molecule has 0 unspecified atom stereocenters. The van der Waals surface area contributed by atoms with Crippen LogP contribution in [0.4, 0.5) is 0 Å². The summed E-state index contributed by atoms with van der Waals surface area (Å²) in [7, 11) is 0. The molecule has 0 spiro atoms. The first kappa shape index (κ1) is 12.3. The number of ketones is 1. The maximum Gasteiger partial charge on any atom is 0.152 e. The fraction of sp³-hybridized carbons (Fsp3) is 0.118. The van der Waals surface area contributed by atoms with E-state index in [1.54, 1.807) is 13.0 Å². The van der Waals surface area contributed by atoms with E-state index < -0.39 is 0 Å². The SMILES string of the molecule is CC(=O)C=C(C)c1ccc(-c2ccccc2)cc1. The molecule has 0 aliphatic heterocycles. The molecular weight excluding hydrogens is 220 g/mol. The molecule has 0 aliphatic carbocycles. The van der Waals surface area contributed by atoms with Crippen molar-refractivity contribution in [1.82, 2.24) is 0 Å². The Kier molecular flexibility index (Phi) is 3.73. The topological polar surface area (TPSA) is 17.1 Å².